The van der Waals surface area contributed by atoms with Crippen LogP contribution >= 0.6 is 0 Å². The summed E-state index contributed by atoms with van der Waals surface area (Å²) in [5.74, 6) is -1.55. The fraction of sp³-hybridized carbons (Fsp3) is 0.0833. The number of amides is 1. The number of hydrogen-bond acceptors (Lipinski definition) is 4. The van der Waals surface area contributed by atoms with Crippen molar-refractivity contribution in [3.8, 4) is 28.4 Å². The Hall–Kier alpha value is -4.20. The maximum Gasteiger partial charge on any atom is 0.259 e. The predicted molar refractivity (Wildman–Crippen MR) is 116 cm³/mol. The molecule has 32 heavy (non-hydrogen) atoms. The van der Waals surface area contributed by atoms with Crippen molar-refractivity contribution < 1.29 is 23.0 Å². The molecule has 1 N–H and O–H groups in total. The molecular weight excluding hydrogens is 416 g/mol. The van der Waals surface area contributed by atoms with E-state index in [1.54, 1.807) is 29.1 Å². The number of ether oxygens (including phenoxy) is 2. The first-order valence-electron chi connectivity index (χ1n) is 9.64. The van der Waals surface area contributed by atoms with Gasteiger partial charge in [0, 0.05) is 23.5 Å². The molecule has 1 amide bonds. The average molecular weight is 435 g/mol. The van der Waals surface area contributed by atoms with Crippen molar-refractivity contribution in [3.63, 3.8) is 0 Å². The molecule has 0 saturated carbocycles. The lowest BCUT2D eigenvalue weighted by Crippen LogP contribution is -2.12. The van der Waals surface area contributed by atoms with Gasteiger partial charge >= 0.3 is 0 Å². The summed E-state index contributed by atoms with van der Waals surface area (Å²) in [6, 6.07) is 17.6. The molecule has 4 aromatic rings. The van der Waals surface area contributed by atoms with Crippen LogP contribution in [0, 0.1) is 11.6 Å². The Bertz CT molecular complexity index is 1270. The van der Waals surface area contributed by atoms with Gasteiger partial charge in [0.1, 0.15) is 17.2 Å². The van der Waals surface area contributed by atoms with Gasteiger partial charge in [-0.1, -0.05) is 18.2 Å². The Labute approximate surface area is 183 Å². The molecule has 8 heteroatoms. The second-order valence-electron chi connectivity index (χ2n) is 6.82. The van der Waals surface area contributed by atoms with Gasteiger partial charge in [0.15, 0.2) is 11.6 Å². The van der Waals surface area contributed by atoms with Crippen LogP contribution in [0.1, 0.15) is 10.4 Å². The Morgan fingerprint density at radius 2 is 1.72 bits per heavy atom. The number of anilines is 1. The molecule has 4 rings (SSSR count). The van der Waals surface area contributed by atoms with Gasteiger partial charge in [0.05, 0.1) is 25.5 Å². The highest BCUT2D eigenvalue weighted by Crippen LogP contribution is 2.35. The second kappa shape index (κ2) is 8.89. The van der Waals surface area contributed by atoms with Crippen LogP contribution in [-0.4, -0.2) is 29.9 Å². The summed E-state index contributed by atoms with van der Waals surface area (Å²) < 4.78 is 39.2. The zero-order chi connectivity index (χ0) is 22.7. The van der Waals surface area contributed by atoms with E-state index in [2.05, 4.69) is 10.4 Å². The Kier molecular flexibility index (Phi) is 5.85. The van der Waals surface area contributed by atoms with Gasteiger partial charge in [-0.2, -0.15) is 5.10 Å². The minimum Gasteiger partial charge on any atom is -0.497 e. The van der Waals surface area contributed by atoms with E-state index < -0.39 is 17.5 Å². The Balaban J connectivity index is 1.83. The molecule has 0 unspecified atom stereocenters. The minimum absolute atomic E-state index is 0.116. The number of benzene rings is 3. The molecular formula is C24H19F2N3O3. The number of halogens is 2. The molecule has 1 aromatic heterocycles. The van der Waals surface area contributed by atoms with Gasteiger partial charge < -0.3 is 14.8 Å². The van der Waals surface area contributed by atoms with E-state index in [-0.39, 0.29) is 11.3 Å². The fourth-order valence-electron chi connectivity index (χ4n) is 3.22. The number of para-hydroxylation sites is 1. The number of aromatic nitrogens is 2. The lowest BCUT2D eigenvalue weighted by molar-refractivity contribution is 0.102. The molecule has 0 bridgehead atoms. The summed E-state index contributed by atoms with van der Waals surface area (Å²) in [7, 11) is 3.05. The summed E-state index contributed by atoms with van der Waals surface area (Å²) in [5.41, 5.74) is 1.94. The molecule has 0 aliphatic rings. The Morgan fingerprint density at radius 3 is 2.41 bits per heavy atom. The van der Waals surface area contributed by atoms with Crippen LogP contribution in [0.4, 0.5) is 14.5 Å². The van der Waals surface area contributed by atoms with Gasteiger partial charge in [0.2, 0.25) is 0 Å². The molecule has 6 nitrogen and oxygen atoms in total. The van der Waals surface area contributed by atoms with Crippen molar-refractivity contribution in [1.82, 2.24) is 9.78 Å². The maximum absolute atomic E-state index is 13.6. The predicted octanol–water partition coefficient (Wildman–Crippen LogP) is 5.09. The lowest BCUT2D eigenvalue weighted by Gasteiger charge is -2.10. The van der Waals surface area contributed by atoms with Crippen molar-refractivity contribution in [2.24, 2.45) is 0 Å². The van der Waals surface area contributed by atoms with E-state index in [0.717, 1.165) is 17.8 Å². The van der Waals surface area contributed by atoms with Gasteiger partial charge in [-0.3, -0.25) is 4.79 Å². The van der Waals surface area contributed by atoms with Crippen LogP contribution < -0.4 is 14.8 Å². The third-order valence-corrected chi connectivity index (χ3v) is 4.82. The molecule has 0 aliphatic heterocycles. The number of methoxy groups -OCH3 is 2. The van der Waals surface area contributed by atoms with E-state index in [1.165, 1.54) is 20.3 Å². The summed E-state index contributed by atoms with van der Waals surface area (Å²) in [6.07, 6.45) is 1.57. The highest BCUT2D eigenvalue weighted by Gasteiger charge is 2.22. The van der Waals surface area contributed by atoms with Crippen LogP contribution in [0.3, 0.4) is 0 Å². The molecule has 0 spiro atoms. The number of nitrogens with zero attached hydrogens (tertiary/aromatic N) is 2. The third-order valence-electron chi connectivity index (χ3n) is 4.82. The molecule has 0 aliphatic carbocycles. The van der Waals surface area contributed by atoms with Crippen molar-refractivity contribution in [2.45, 2.75) is 0 Å². The second-order valence-corrected chi connectivity index (χ2v) is 6.82. The normalized spacial score (nSPS) is 10.6. The summed E-state index contributed by atoms with van der Waals surface area (Å²) in [5, 5.41) is 7.21. The molecule has 0 fully saturated rings. The van der Waals surface area contributed by atoms with Gasteiger partial charge in [-0.15, -0.1) is 0 Å². The molecule has 162 valence electrons. The largest absolute Gasteiger partial charge is 0.497 e. The molecule has 0 radical (unpaired) electrons. The zero-order valence-corrected chi connectivity index (χ0v) is 17.3. The topological polar surface area (TPSA) is 65.4 Å². The van der Waals surface area contributed by atoms with Crippen LogP contribution in [0.15, 0.2) is 72.9 Å². The van der Waals surface area contributed by atoms with Gasteiger partial charge in [-0.25, -0.2) is 13.5 Å². The summed E-state index contributed by atoms with van der Waals surface area (Å²) >= 11 is 0. The van der Waals surface area contributed by atoms with E-state index in [9.17, 15) is 13.6 Å². The first kappa shape index (κ1) is 21.0. The van der Waals surface area contributed by atoms with Crippen LogP contribution in [-0.2, 0) is 0 Å². The van der Waals surface area contributed by atoms with Crippen LogP contribution in [0.5, 0.6) is 11.5 Å². The van der Waals surface area contributed by atoms with Crippen LogP contribution in [0.2, 0.25) is 0 Å². The monoisotopic (exact) mass is 435 g/mol. The highest BCUT2D eigenvalue weighted by atomic mass is 19.2. The first-order valence-corrected chi connectivity index (χ1v) is 9.64. The van der Waals surface area contributed by atoms with Gasteiger partial charge in [0.25, 0.3) is 5.91 Å². The number of nitrogens with one attached hydrogen (secondary N) is 1. The molecule has 1 heterocycles. The molecule has 0 atom stereocenters. The van der Waals surface area contributed by atoms with Crippen molar-refractivity contribution >= 4 is 11.6 Å². The number of rotatable bonds is 6. The number of carbonyl (C=O) groups is 1. The smallest absolute Gasteiger partial charge is 0.259 e. The minimum atomic E-state index is -1.06. The molecule has 3 aromatic carbocycles. The average Bonchev–Trinajstić information content (AvgIpc) is 3.27. The van der Waals surface area contributed by atoms with Crippen LogP contribution in [0.25, 0.3) is 16.9 Å². The first-order chi connectivity index (χ1) is 15.5. The third kappa shape index (κ3) is 4.15. The van der Waals surface area contributed by atoms with E-state index in [0.29, 0.717) is 22.8 Å². The standard InChI is InChI=1S/C24H19F2N3O3/c1-31-17-9-11-22(32-2)18(13-17)23-19(14-29(28-23)16-6-4-3-5-7-16)24(30)27-15-8-10-20(25)21(26)12-15/h3-14H,1-2H3,(H,27,30). The highest BCUT2D eigenvalue weighted by molar-refractivity contribution is 6.08. The fourth-order valence-corrected chi connectivity index (χ4v) is 3.22. The lowest BCUT2D eigenvalue weighted by atomic mass is 10.1. The maximum atomic E-state index is 13.6. The Morgan fingerprint density at radius 1 is 0.938 bits per heavy atom. The van der Waals surface area contributed by atoms with E-state index >= 15 is 0 Å². The number of carbonyl (C=O) groups excluding carboxylic acids is 1. The van der Waals surface area contributed by atoms with Crippen molar-refractivity contribution in [2.75, 3.05) is 19.5 Å². The summed E-state index contributed by atoms with van der Waals surface area (Å²) in [6.45, 7) is 0. The van der Waals surface area contributed by atoms with E-state index in [4.69, 9.17) is 9.47 Å². The van der Waals surface area contributed by atoms with Gasteiger partial charge in [-0.05, 0) is 42.5 Å². The quantitative estimate of drug-likeness (QED) is 0.458. The number of hydrogen-bond donors (Lipinski definition) is 1. The van der Waals surface area contributed by atoms with E-state index in [1.807, 2.05) is 30.3 Å². The van der Waals surface area contributed by atoms with Crippen molar-refractivity contribution in [1.29, 1.82) is 0 Å². The summed E-state index contributed by atoms with van der Waals surface area (Å²) in [4.78, 5) is 13.2. The SMILES string of the molecule is COc1ccc(OC)c(-c2nn(-c3ccccc3)cc2C(=O)Nc2ccc(F)c(F)c2)c1. The molecule has 0 saturated heterocycles. The van der Waals surface area contributed by atoms with Crippen molar-refractivity contribution in [3.05, 3.63) is 90.1 Å². The zero-order valence-electron chi connectivity index (χ0n) is 17.3.